The Morgan fingerprint density at radius 1 is 1.07 bits per heavy atom. The summed E-state index contributed by atoms with van der Waals surface area (Å²) < 4.78 is 0. The Balaban J connectivity index is 1.36. The maximum absolute atomic E-state index is 4.48. The van der Waals surface area contributed by atoms with Gasteiger partial charge in [0.25, 0.3) is 0 Å². The van der Waals surface area contributed by atoms with Crippen LogP contribution in [0.2, 0.25) is 0 Å². The van der Waals surface area contributed by atoms with Crippen LogP contribution < -0.4 is 10.2 Å². The largest absolute Gasteiger partial charge is 0.356 e. The highest BCUT2D eigenvalue weighted by molar-refractivity contribution is 5.80. The minimum atomic E-state index is 0.937. The van der Waals surface area contributed by atoms with Gasteiger partial charge in [-0.2, -0.15) is 0 Å². The van der Waals surface area contributed by atoms with Gasteiger partial charge in [-0.3, -0.25) is 4.99 Å². The minimum Gasteiger partial charge on any atom is -0.356 e. The summed E-state index contributed by atoms with van der Waals surface area (Å²) in [6, 6.07) is 16.7. The first-order chi connectivity index (χ1) is 13.8. The molecule has 1 N–H and O–H groups in total. The minimum absolute atomic E-state index is 0.937. The van der Waals surface area contributed by atoms with Crippen LogP contribution in [0.1, 0.15) is 12.0 Å². The molecule has 0 amide bonds. The van der Waals surface area contributed by atoms with Crippen molar-refractivity contribution < 1.29 is 0 Å². The lowest BCUT2D eigenvalue weighted by Gasteiger charge is -2.37. The van der Waals surface area contributed by atoms with Crippen LogP contribution in [0.3, 0.4) is 0 Å². The molecule has 1 aromatic carbocycles. The predicted octanol–water partition coefficient (Wildman–Crippen LogP) is 2.30. The van der Waals surface area contributed by atoms with Gasteiger partial charge in [0.05, 0.1) is 0 Å². The van der Waals surface area contributed by atoms with Gasteiger partial charge in [0.2, 0.25) is 0 Å². The van der Waals surface area contributed by atoms with E-state index in [4.69, 9.17) is 0 Å². The van der Waals surface area contributed by atoms with E-state index in [0.717, 1.165) is 64.0 Å². The maximum atomic E-state index is 4.48. The number of guanidine groups is 1. The number of aliphatic imine (C=N–C) groups is 1. The van der Waals surface area contributed by atoms with Gasteiger partial charge < -0.3 is 20.0 Å². The van der Waals surface area contributed by atoms with Crippen molar-refractivity contribution in [1.82, 2.24) is 20.1 Å². The van der Waals surface area contributed by atoms with Crippen LogP contribution in [-0.4, -0.2) is 74.1 Å². The summed E-state index contributed by atoms with van der Waals surface area (Å²) in [5, 5.41) is 3.53. The Kier molecular flexibility index (Phi) is 7.67. The van der Waals surface area contributed by atoms with Crippen molar-refractivity contribution in [2.24, 2.45) is 4.99 Å². The highest BCUT2D eigenvalue weighted by Crippen LogP contribution is 2.12. The quantitative estimate of drug-likeness (QED) is 0.454. The zero-order valence-corrected chi connectivity index (χ0v) is 17.1. The van der Waals surface area contributed by atoms with Crippen LogP contribution in [0.25, 0.3) is 0 Å². The molecule has 0 unspecified atom stereocenters. The Hall–Kier alpha value is -2.60. The number of hydrogen-bond acceptors (Lipinski definition) is 4. The maximum Gasteiger partial charge on any atom is 0.193 e. The van der Waals surface area contributed by atoms with Crippen molar-refractivity contribution in [3.63, 3.8) is 0 Å². The number of piperazine rings is 1. The van der Waals surface area contributed by atoms with Gasteiger partial charge in [-0.15, -0.1) is 0 Å². The predicted molar refractivity (Wildman–Crippen MR) is 117 cm³/mol. The molecule has 6 nitrogen and oxygen atoms in total. The van der Waals surface area contributed by atoms with E-state index in [0.29, 0.717) is 0 Å². The number of nitrogens with zero attached hydrogens (tertiary/aromatic N) is 5. The fourth-order valence-corrected chi connectivity index (χ4v) is 3.54. The Morgan fingerprint density at radius 3 is 2.50 bits per heavy atom. The molecule has 0 radical (unpaired) electrons. The second-order valence-electron chi connectivity index (χ2n) is 7.21. The monoisotopic (exact) mass is 380 g/mol. The fourth-order valence-electron chi connectivity index (χ4n) is 3.54. The summed E-state index contributed by atoms with van der Waals surface area (Å²) in [5.74, 6) is 2.07. The lowest BCUT2D eigenvalue weighted by Crippen LogP contribution is -2.53. The van der Waals surface area contributed by atoms with Gasteiger partial charge in [0, 0.05) is 52.5 Å². The Bertz CT molecular complexity index is 710. The summed E-state index contributed by atoms with van der Waals surface area (Å²) in [5.41, 5.74) is 1.36. The van der Waals surface area contributed by atoms with Crippen LogP contribution in [0, 0.1) is 0 Å². The third kappa shape index (κ3) is 5.96. The number of anilines is 1. The highest BCUT2D eigenvalue weighted by atomic mass is 15.4. The van der Waals surface area contributed by atoms with Crippen molar-refractivity contribution in [2.75, 3.05) is 58.3 Å². The van der Waals surface area contributed by atoms with E-state index < -0.39 is 0 Å². The summed E-state index contributed by atoms with van der Waals surface area (Å²) in [4.78, 5) is 16.0. The van der Waals surface area contributed by atoms with Gasteiger partial charge in [0.15, 0.2) is 5.96 Å². The molecule has 28 heavy (non-hydrogen) atoms. The first-order valence-electron chi connectivity index (χ1n) is 10.1. The van der Waals surface area contributed by atoms with E-state index in [1.54, 1.807) is 0 Å². The topological polar surface area (TPSA) is 47.0 Å². The van der Waals surface area contributed by atoms with Gasteiger partial charge >= 0.3 is 0 Å². The number of rotatable bonds is 7. The zero-order chi connectivity index (χ0) is 19.6. The zero-order valence-electron chi connectivity index (χ0n) is 17.1. The molecule has 2 heterocycles. The molecule has 0 aliphatic carbocycles. The fraction of sp³-hybridized carbons (Fsp3) is 0.455. The lowest BCUT2D eigenvalue weighted by atomic mass is 10.2. The molecule has 3 rings (SSSR count). The first-order valence-corrected chi connectivity index (χ1v) is 10.1. The number of pyridine rings is 1. The molecular weight excluding hydrogens is 348 g/mol. The van der Waals surface area contributed by atoms with Crippen molar-refractivity contribution in [1.29, 1.82) is 0 Å². The Morgan fingerprint density at radius 2 is 1.82 bits per heavy atom. The van der Waals surface area contributed by atoms with Crippen LogP contribution >= 0.6 is 0 Å². The van der Waals surface area contributed by atoms with Crippen molar-refractivity contribution in [3.05, 3.63) is 60.3 Å². The molecule has 150 valence electrons. The Labute approximate surface area is 168 Å². The van der Waals surface area contributed by atoms with E-state index in [1.807, 2.05) is 25.4 Å². The molecule has 1 fully saturated rings. The van der Waals surface area contributed by atoms with Gasteiger partial charge in [-0.25, -0.2) is 4.98 Å². The normalized spacial score (nSPS) is 15.2. The number of hydrogen-bond donors (Lipinski definition) is 1. The average Bonchev–Trinajstić information content (AvgIpc) is 2.75. The SMILES string of the molecule is CN=C(NCCCN(C)Cc1ccccc1)N1CCN(c2ccccn2)CC1. The molecule has 1 saturated heterocycles. The van der Waals surface area contributed by atoms with E-state index in [9.17, 15) is 0 Å². The molecule has 2 aromatic rings. The summed E-state index contributed by atoms with van der Waals surface area (Å²) in [6.45, 7) is 6.85. The number of nitrogens with one attached hydrogen (secondary N) is 1. The van der Waals surface area contributed by atoms with Crippen molar-refractivity contribution in [2.45, 2.75) is 13.0 Å². The van der Waals surface area contributed by atoms with Gasteiger partial charge in [0.1, 0.15) is 5.82 Å². The molecule has 0 bridgehead atoms. The van der Waals surface area contributed by atoms with Crippen LogP contribution in [-0.2, 0) is 6.54 Å². The molecule has 6 heteroatoms. The standard InChI is InChI=1S/C22H32N6/c1-23-22(25-13-8-14-26(2)19-20-9-4-3-5-10-20)28-17-15-27(16-18-28)21-11-6-7-12-24-21/h3-7,9-12H,8,13-19H2,1-2H3,(H,23,25). The highest BCUT2D eigenvalue weighted by Gasteiger charge is 2.20. The molecule has 0 atom stereocenters. The van der Waals surface area contributed by atoms with E-state index in [-0.39, 0.29) is 0 Å². The number of benzene rings is 1. The van der Waals surface area contributed by atoms with E-state index >= 15 is 0 Å². The molecular formula is C22H32N6. The molecule has 1 aliphatic heterocycles. The first kappa shape index (κ1) is 20.1. The van der Waals surface area contributed by atoms with Crippen LogP contribution in [0.15, 0.2) is 59.7 Å². The lowest BCUT2D eigenvalue weighted by molar-refractivity contribution is 0.320. The van der Waals surface area contributed by atoms with Gasteiger partial charge in [-0.1, -0.05) is 36.4 Å². The van der Waals surface area contributed by atoms with Gasteiger partial charge in [-0.05, 0) is 37.7 Å². The third-order valence-corrected chi connectivity index (χ3v) is 5.06. The van der Waals surface area contributed by atoms with Crippen molar-refractivity contribution >= 4 is 11.8 Å². The molecule has 0 spiro atoms. The summed E-state index contributed by atoms with van der Waals surface area (Å²) in [6.07, 6.45) is 2.95. The molecule has 1 aliphatic rings. The smallest absolute Gasteiger partial charge is 0.193 e. The van der Waals surface area contributed by atoms with E-state index in [2.05, 4.69) is 73.4 Å². The van der Waals surface area contributed by atoms with Crippen molar-refractivity contribution in [3.8, 4) is 0 Å². The molecule has 0 saturated carbocycles. The number of aromatic nitrogens is 1. The second-order valence-corrected chi connectivity index (χ2v) is 7.21. The molecule has 1 aromatic heterocycles. The third-order valence-electron chi connectivity index (χ3n) is 5.06. The van der Waals surface area contributed by atoms with Crippen LogP contribution in [0.4, 0.5) is 5.82 Å². The average molecular weight is 381 g/mol. The summed E-state index contributed by atoms with van der Waals surface area (Å²) in [7, 11) is 4.05. The summed E-state index contributed by atoms with van der Waals surface area (Å²) >= 11 is 0. The second kappa shape index (κ2) is 10.7. The van der Waals surface area contributed by atoms with E-state index in [1.165, 1.54) is 5.56 Å². The van der Waals surface area contributed by atoms with Crippen LogP contribution in [0.5, 0.6) is 0 Å².